The van der Waals surface area contributed by atoms with E-state index in [2.05, 4.69) is 18.0 Å². The van der Waals surface area contributed by atoms with Crippen LogP contribution in [0.25, 0.3) is 17.8 Å². The van der Waals surface area contributed by atoms with Crippen molar-refractivity contribution in [1.82, 2.24) is 9.55 Å². The molecule has 4 nitrogen and oxygen atoms in total. The van der Waals surface area contributed by atoms with Gasteiger partial charge in [0.15, 0.2) is 0 Å². The normalized spacial score (nSPS) is 17.9. The molecule has 1 atom stereocenters. The molecule has 1 aliphatic heterocycles. The number of rotatable bonds is 5. The molecule has 0 aliphatic carbocycles. The van der Waals surface area contributed by atoms with Gasteiger partial charge in [-0.25, -0.2) is 4.98 Å². The molecule has 1 aliphatic rings. The highest BCUT2D eigenvalue weighted by Gasteiger charge is 2.19. The van der Waals surface area contributed by atoms with Crippen LogP contribution in [0.15, 0.2) is 42.5 Å². The van der Waals surface area contributed by atoms with Gasteiger partial charge in [-0.05, 0) is 25.8 Å². The molecule has 0 radical (unpaired) electrons. The molecule has 0 fully saturated rings. The van der Waals surface area contributed by atoms with Crippen LogP contribution < -0.4 is 0 Å². The van der Waals surface area contributed by atoms with Gasteiger partial charge in [-0.2, -0.15) is 0 Å². The van der Waals surface area contributed by atoms with Crippen LogP contribution in [0.3, 0.4) is 0 Å². The van der Waals surface area contributed by atoms with Gasteiger partial charge < -0.3 is 9.67 Å². The monoisotopic (exact) mass is 310 g/mol. The summed E-state index contributed by atoms with van der Waals surface area (Å²) in [6, 6.07) is 0. The lowest BCUT2D eigenvalue weighted by Crippen LogP contribution is -2.07. The molecule has 2 rings (SSSR count). The standard InChI is InChI=1S/C19H22N2O2/c1-4-6-8-15(7-5-2)19-16(13-18(22)23)21-12-11-14(3)9-10-17(21)20-19/h4-12,14H,13H2,1-3H3,(H,22,23)/b6-4-,7-5-,15-8+. The van der Waals surface area contributed by atoms with Crippen molar-refractivity contribution in [3.05, 3.63) is 59.7 Å². The number of hydrogen-bond acceptors (Lipinski definition) is 2. The van der Waals surface area contributed by atoms with Crippen LogP contribution in [0.5, 0.6) is 0 Å². The van der Waals surface area contributed by atoms with Crippen molar-refractivity contribution in [3.63, 3.8) is 0 Å². The molecule has 4 heteroatoms. The molecule has 1 unspecified atom stereocenters. The minimum absolute atomic E-state index is 0.0698. The average molecular weight is 310 g/mol. The van der Waals surface area contributed by atoms with Crippen LogP contribution in [0, 0.1) is 5.92 Å². The largest absolute Gasteiger partial charge is 0.481 e. The summed E-state index contributed by atoms with van der Waals surface area (Å²) >= 11 is 0. The number of imidazole rings is 1. The van der Waals surface area contributed by atoms with Crippen molar-refractivity contribution in [2.75, 3.05) is 0 Å². The van der Waals surface area contributed by atoms with Crippen LogP contribution in [0.2, 0.25) is 0 Å². The Kier molecular flexibility index (Phi) is 5.52. The quantitative estimate of drug-likeness (QED) is 0.830. The Morgan fingerprint density at radius 1 is 1.35 bits per heavy atom. The lowest BCUT2D eigenvalue weighted by atomic mass is 10.1. The first-order chi connectivity index (χ1) is 11.1. The molecule has 0 aromatic carbocycles. The van der Waals surface area contributed by atoms with Crippen molar-refractivity contribution < 1.29 is 9.90 Å². The summed E-state index contributed by atoms with van der Waals surface area (Å²) in [5.41, 5.74) is 2.30. The first kappa shape index (κ1) is 16.7. The third-order valence-corrected chi connectivity index (χ3v) is 3.53. The zero-order chi connectivity index (χ0) is 16.8. The number of hydrogen-bond donors (Lipinski definition) is 1. The number of fused-ring (bicyclic) bond motifs is 1. The van der Waals surface area contributed by atoms with Gasteiger partial charge in [0.1, 0.15) is 5.82 Å². The van der Waals surface area contributed by atoms with Gasteiger partial charge >= 0.3 is 5.97 Å². The third kappa shape index (κ3) is 3.97. The molecule has 0 saturated carbocycles. The second kappa shape index (κ2) is 7.58. The van der Waals surface area contributed by atoms with Crippen molar-refractivity contribution in [1.29, 1.82) is 0 Å². The summed E-state index contributed by atoms with van der Waals surface area (Å²) in [7, 11) is 0. The number of carbonyl (C=O) groups is 1. The summed E-state index contributed by atoms with van der Waals surface area (Å²) < 4.78 is 1.87. The Morgan fingerprint density at radius 3 is 2.78 bits per heavy atom. The first-order valence-electron chi connectivity index (χ1n) is 7.72. The molecule has 1 aromatic rings. The van der Waals surface area contributed by atoms with Gasteiger partial charge in [-0.15, -0.1) is 0 Å². The predicted octanol–water partition coefficient (Wildman–Crippen LogP) is 4.18. The second-order valence-corrected chi connectivity index (χ2v) is 5.41. The highest BCUT2D eigenvalue weighted by Crippen LogP contribution is 2.25. The molecule has 0 amide bonds. The average Bonchev–Trinajstić information content (AvgIpc) is 2.72. The number of aromatic nitrogens is 2. The van der Waals surface area contributed by atoms with Gasteiger partial charge in [0.05, 0.1) is 17.8 Å². The number of nitrogens with zero attached hydrogens (tertiary/aromatic N) is 2. The Bertz CT molecular complexity index is 731. The fraction of sp³-hybridized carbons (Fsp3) is 0.263. The van der Waals surface area contributed by atoms with E-state index in [4.69, 9.17) is 0 Å². The number of aliphatic carboxylic acids is 1. The molecule has 0 spiro atoms. The van der Waals surface area contributed by atoms with Crippen LogP contribution in [0.1, 0.15) is 38.0 Å². The molecule has 1 aromatic heterocycles. The second-order valence-electron chi connectivity index (χ2n) is 5.41. The molecule has 0 bridgehead atoms. The van der Waals surface area contributed by atoms with E-state index >= 15 is 0 Å². The zero-order valence-corrected chi connectivity index (χ0v) is 13.7. The zero-order valence-electron chi connectivity index (χ0n) is 13.7. The van der Waals surface area contributed by atoms with Crippen molar-refractivity contribution >= 4 is 23.8 Å². The predicted molar refractivity (Wildman–Crippen MR) is 94.7 cm³/mol. The highest BCUT2D eigenvalue weighted by molar-refractivity contribution is 5.79. The molecular weight excluding hydrogens is 288 g/mol. The maximum Gasteiger partial charge on any atom is 0.309 e. The fourth-order valence-electron chi connectivity index (χ4n) is 2.43. The van der Waals surface area contributed by atoms with Gasteiger partial charge in [0.25, 0.3) is 0 Å². The number of allylic oxidation sites excluding steroid dienone is 8. The SMILES string of the molecule is C\C=C/C=C(\C=C/C)c1nc2n(c1CC(=O)O)C=CC(C)C=C2. The first-order valence-corrected chi connectivity index (χ1v) is 7.72. The summed E-state index contributed by atoms with van der Waals surface area (Å²) in [6.45, 7) is 5.95. The molecule has 23 heavy (non-hydrogen) atoms. The topological polar surface area (TPSA) is 55.1 Å². The van der Waals surface area contributed by atoms with E-state index in [1.54, 1.807) is 0 Å². The van der Waals surface area contributed by atoms with E-state index in [1.165, 1.54) is 0 Å². The summed E-state index contributed by atoms with van der Waals surface area (Å²) in [5, 5.41) is 9.29. The minimum atomic E-state index is -0.866. The smallest absolute Gasteiger partial charge is 0.309 e. The van der Waals surface area contributed by atoms with Crippen LogP contribution in [-0.2, 0) is 11.2 Å². The van der Waals surface area contributed by atoms with Crippen molar-refractivity contribution in [3.8, 4) is 0 Å². The lowest BCUT2D eigenvalue weighted by molar-refractivity contribution is -0.136. The Hall–Kier alpha value is -2.62. The number of carboxylic acid groups (broad SMARTS) is 1. The molecular formula is C19H22N2O2. The molecule has 2 heterocycles. The Balaban J connectivity index is 2.64. The molecule has 120 valence electrons. The maximum absolute atomic E-state index is 11.3. The fourth-order valence-corrected chi connectivity index (χ4v) is 2.43. The van der Waals surface area contributed by atoms with Gasteiger partial charge in [-0.1, -0.05) is 49.5 Å². The van der Waals surface area contributed by atoms with Crippen molar-refractivity contribution in [2.24, 2.45) is 5.92 Å². The van der Waals surface area contributed by atoms with E-state index in [-0.39, 0.29) is 6.42 Å². The van der Waals surface area contributed by atoms with E-state index in [0.29, 0.717) is 17.3 Å². The van der Waals surface area contributed by atoms with E-state index in [0.717, 1.165) is 11.4 Å². The molecule has 1 N–H and O–H groups in total. The third-order valence-electron chi connectivity index (χ3n) is 3.53. The maximum atomic E-state index is 11.3. The van der Waals surface area contributed by atoms with Gasteiger partial charge in [0, 0.05) is 11.8 Å². The lowest BCUT2D eigenvalue weighted by Gasteiger charge is -2.05. The summed E-state index contributed by atoms with van der Waals surface area (Å²) in [6.07, 6.45) is 17.6. The Labute approximate surface area is 136 Å². The highest BCUT2D eigenvalue weighted by atomic mass is 16.4. The summed E-state index contributed by atoms with van der Waals surface area (Å²) in [4.78, 5) is 16.0. The Morgan fingerprint density at radius 2 is 2.13 bits per heavy atom. The van der Waals surface area contributed by atoms with E-state index < -0.39 is 5.97 Å². The van der Waals surface area contributed by atoms with Gasteiger partial charge in [-0.3, -0.25) is 4.79 Å². The minimum Gasteiger partial charge on any atom is -0.481 e. The van der Waals surface area contributed by atoms with Crippen molar-refractivity contribution in [2.45, 2.75) is 27.2 Å². The number of carboxylic acids is 1. The van der Waals surface area contributed by atoms with E-state index in [9.17, 15) is 9.90 Å². The van der Waals surface area contributed by atoms with E-state index in [1.807, 2.05) is 67.1 Å². The molecule has 0 saturated heterocycles. The van der Waals surface area contributed by atoms with Crippen LogP contribution >= 0.6 is 0 Å². The van der Waals surface area contributed by atoms with Crippen LogP contribution in [0.4, 0.5) is 0 Å². The van der Waals surface area contributed by atoms with Gasteiger partial charge in [0.2, 0.25) is 0 Å². The van der Waals surface area contributed by atoms with Crippen LogP contribution in [-0.4, -0.2) is 20.6 Å². The summed E-state index contributed by atoms with van der Waals surface area (Å²) in [5.74, 6) is 0.189.